The Kier molecular flexibility index (Phi) is 3.23. The highest BCUT2D eigenvalue weighted by Gasteiger charge is 2.09. The van der Waals surface area contributed by atoms with Crippen LogP contribution in [0.1, 0.15) is 41.8 Å². The zero-order valence-corrected chi connectivity index (χ0v) is 8.50. The van der Waals surface area contributed by atoms with Crippen molar-refractivity contribution in [2.45, 2.75) is 33.1 Å². The van der Waals surface area contributed by atoms with Gasteiger partial charge in [0.25, 0.3) is 0 Å². The highest BCUT2D eigenvalue weighted by atomic mass is 16.1. The maximum Gasteiger partial charge on any atom is 0.170 e. The Bertz CT molecular complexity index is 302. The van der Waals surface area contributed by atoms with E-state index in [-0.39, 0.29) is 0 Å². The number of nitrogens with zero attached hydrogens (tertiary/aromatic N) is 2. The number of rotatable bonds is 4. The van der Waals surface area contributed by atoms with Crippen molar-refractivity contribution in [3.05, 3.63) is 17.2 Å². The number of carbonyl (C=O) groups is 1. The Hall–Kier alpha value is -1.12. The molecule has 0 aliphatic rings. The Morgan fingerprint density at radius 2 is 2.23 bits per heavy atom. The molecule has 0 aliphatic heterocycles. The van der Waals surface area contributed by atoms with Gasteiger partial charge in [-0.15, -0.1) is 0 Å². The standard InChI is InChI=1S/C10H16N2O/c1-4-5-6-10-9(7-13)11-8(2)12(10)3/h7H,4-6H2,1-3H3. The summed E-state index contributed by atoms with van der Waals surface area (Å²) in [7, 11) is 1.96. The molecular formula is C10H16N2O. The van der Waals surface area contributed by atoms with Crippen LogP contribution in [-0.4, -0.2) is 15.8 Å². The third kappa shape index (κ3) is 1.97. The average Bonchev–Trinajstić information content (AvgIpc) is 2.40. The lowest BCUT2D eigenvalue weighted by Crippen LogP contribution is -2.00. The maximum absolute atomic E-state index is 10.7. The molecule has 3 nitrogen and oxygen atoms in total. The zero-order valence-electron chi connectivity index (χ0n) is 8.50. The third-order valence-corrected chi connectivity index (χ3v) is 2.35. The van der Waals surface area contributed by atoms with Gasteiger partial charge in [0, 0.05) is 12.7 Å². The summed E-state index contributed by atoms with van der Waals surface area (Å²) in [5.41, 5.74) is 1.67. The predicted molar refractivity (Wildman–Crippen MR) is 51.9 cm³/mol. The van der Waals surface area contributed by atoms with E-state index in [1.165, 1.54) is 0 Å². The summed E-state index contributed by atoms with van der Waals surface area (Å²) in [6.45, 7) is 4.06. The minimum atomic E-state index is 0.605. The van der Waals surface area contributed by atoms with Crippen molar-refractivity contribution >= 4 is 6.29 Å². The largest absolute Gasteiger partial charge is 0.335 e. The van der Waals surface area contributed by atoms with Crippen LogP contribution in [-0.2, 0) is 13.5 Å². The summed E-state index contributed by atoms with van der Waals surface area (Å²) in [6, 6.07) is 0. The molecular weight excluding hydrogens is 164 g/mol. The second kappa shape index (κ2) is 4.21. The van der Waals surface area contributed by atoms with Gasteiger partial charge in [-0.25, -0.2) is 4.98 Å². The van der Waals surface area contributed by atoms with E-state index < -0.39 is 0 Å². The van der Waals surface area contributed by atoms with Gasteiger partial charge in [0.1, 0.15) is 11.5 Å². The van der Waals surface area contributed by atoms with Gasteiger partial charge < -0.3 is 4.57 Å². The molecule has 72 valence electrons. The number of aryl methyl sites for hydroxylation is 1. The molecule has 1 rings (SSSR count). The highest BCUT2D eigenvalue weighted by Crippen LogP contribution is 2.11. The van der Waals surface area contributed by atoms with Crippen molar-refractivity contribution in [1.29, 1.82) is 0 Å². The van der Waals surface area contributed by atoms with Crippen molar-refractivity contribution in [2.24, 2.45) is 7.05 Å². The number of aromatic nitrogens is 2. The molecule has 3 heteroatoms. The van der Waals surface area contributed by atoms with Crippen LogP contribution in [0.3, 0.4) is 0 Å². The van der Waals surface area contributed by atoms with Crippen LogP contribution < -0.4 is 0 Å². The smallest absolute Gasteiger partial charge is 0.170 e. The molecule has 0 radical (unpaired) electrons. The van der Waals surface area contributed by atoms with Crippen LogP contribution in [0.25, 0.3) is 0 Å². The van der Waals surface area contributed by atoms with Crippen LogP contribution >= 0.6 is 0 Å². The van der Waals surface area contributed by atoms with Crippen molar-refractivity contribution in [3.8, 4) is 0 Å². The van der Waals surface area contributed by atoms with Crippen molar-refractivity contribution in [1.82, 2.24) is 9.55 Å². The average molecular weight is 180 g/mol. The van der Waals surface area contributed by atoms with E-state index in [0.717, 1.165) is 37.1 Å². The molecule has 0 amide bonds. The van der Waals surface area contributed by atoms with Crippen LogP contribution in [0.5, 0.6) is 0 Å². The minimum Gasteiger partial charge on any atom is -0.335 e. The first-order valence-corrected chi connectivity index (χ1v) is 4.68. The van der Waals surface area contributed by atoms with E-state index in [2.05, 4.69) is 11.9 Å². The molecule has 0 spiro atoms. The van der Waals surface area contributed by atoms with Gasteiger partial charge in [-0.3, -0.25) is 4.79 Å². The molecule has 0 atom stereocenters. The van der Waals surface area contributed by atoms with E-state index >= 15 is 0 Å². The van der Waals surface area contributed by atoms with Crippen LogP contribution in [0.4, 0.5) is 0 Å². The number of aldehydes is 1. The van der Waals surface area contributed by atoms with E-state index in [1.807, 2.05) is 18.5 Å². The summed E-state index contributed by atoms with van der Waals surface area (Å²) in [6.07, 6.45) is 4.04. The lowest BCUT2D eigenvalue weighted by atomic mass is 10.2. The third-order valence-electron chi connectivity index (χ3n) is 2.35. The first-order valence-electron chi connectivity index (χ1n) is 4.68. The fraction of sp³-hybridized carbons (Fsp3) is 0.600. The summed E-state index contributed by atoms with van der Waals surface area (Å²) >= 11 is 0. The van der Waals surface area contributed by atoms with Gasteiger partial charge >= 0.3 is 0 Å². The van der Waals surface area contributed by atoms with Gasteiger partial charge in [-0.1, -0.05) is 13.3 Å². The topological polar surface area (TPSA) is 34.9 Å². The molecule has 1 heterocycles. The monoisotopic (exact) mass is 180 g/mol. The number of unbranched alkanes of at least 4 members (excludes halogenated alkanes) is 1. The van der Waals surface area contributed by atoms with E-state index in [9.17, 15) is 4.79 Å². The molecule has 0 unspecified atom stereocenters. The quantitative estimate of drug-likeness (QED) is 0.663. The van der Waals surface area contributed by atoms with Crippen molar-refractivity contribution in [2.75, 3.05) is 0 Å². The number of carbonyl (C=O) groups excluding carboxylic acids is 1. The number of hydrogen-bond donors (Lipinski definition) is 0. The first kappa shape index (κ1) is 9.96. The molecule has 13 heavy (non-hydrogen) atoms. The van der Waals surface area contributed by atoms with Gasteiger partial charge in [0.15, 0.2) is 6.29 Å². The second-order valence-corrected chi connectivity index (χ2v) is 3.27. The summed E-state index contributed by atoms with van der Waals surface area (Å²) in [5.74, 6) is 0.910. The fourth-order valence-electron chi connectivity index (χ4n) is 1.42. The molecule has 0 aromatic carbocycles. The summed E-state index contributed by atoms with van der Waals surface area (Å²) < 4.78 is 2.00. The minimum absolute atomic E-state index is 0.605. The Balaban J connectivity index is 2.94. The molecule has 0 fully saturated rings. The Labute approximate surface area is 78.8 Å². The van der Waals surface area contributed by atoms with Crippen LogP contribution in [0, 0.1) is 6.92 Å². The lowest BCUT2D eigenvalue weighted by molar-refractivity contribution is 0.111. The van der Waals surface area contributed by atoms with E-state index in [0.29, 0.717) is 5.69 Å². The normalized spacial score (nSPS) is 10.4. The van der Waals surface area contributed by atoms with E-state index in [4.69, 9.17) is 0 Å². The molecule has 0 saturated heterocycles. The second-order valence-electron chi connectivity index (χ2n) is 3.27. The molecule has 0 N–H and O–H groups in total. The Morgan fingerprint density at radius 3 is 2.77 bits per heavy atom. The summed E-state index contributed by atoms with van der Waals surface area (Å²) in [4.78, 5) is 14.9. The number of hydrogen-bond acceptors (Lipinski definition) is 2. The van der Waals surface area contributed by atoms with E-state index in [1.54, 1.807) is 0 Å². The predicted octanol–water partition coefficient (Wildman–Crippen LogP) is 1.88. The van der Waals surface area contributed by atoms with Crippen LogP contribution in [0.2, 0.25) is 0 Å². The summed E-state index contributed by atoms with van der Waals surface area (Å²) in [5, 5.41) is 0. The SMILES string of the molecule is CCCCc1c(C=O)nc(C)n1C. The lowest BCUT2D eigenvalue weighted by Gasteiger charge is -2.02. The first-order chi connectivity index (χ1) is 6.20. The molecule has 1 aromatic rings. The molecule has 1 aromatic heterocycles. The zero-order chi connectivity index (χ0) is 9.84. The molecule has 0 saturated carbocycles. The highest BCUT2D eigenvalue weighted by molar-refractivity contribution is 5.73. The Morgan fingerprint density at radius 1 is 1.54 bits per heavy atom. The molecule has 0 aliphatic carbocycles. The number of imidazole rings is 1. The molecule has 0 bridgehead atoms. The van der Waals surface area contributed by atoms with Crippen molar-refractivity contribution in [3.63, 3.8) is 0 Å². The van der Waals surface area contributed by atoms with Gasteiger partial charge in [-0.05, 0) is 19.8 Å². The van der Waals surface area contributed by atoms with Gasteiger partial charge in [-0.2, -0.15) is 0 Å². The maximum atomic E-state index is 10.7. The van der Waals surface area contributed by atoms with Crippen molar-refractivity contribution < 1.29 is 4.79 Å². The fourth-order valence-corrected chi connectivity index (χ4v) is 1.42. The van der Waals surface area contributed by atoms with Crippen LogP contribution in [0.15, 0.2) is 0 Å². The van der Waals surface area contributed by atoms with Gasteiger partial charge in [0.05, 0.1) is 0 Å². The van der Waals surface area contributed by atoms with Gasteiger partial charge in [0.2, 0.25) is 0 Å².